The van der Waals surface area contributed by atoms with E-state index < -0.39 is 17.8 Å². The van der Waals surface area contributed by atoms with E-state index in [1.54, 1.807) is 30.3 Å². The Kier molecular flexibility index (Phi) is 5.00. The minimum atomic E-state index is -1.43. The number of carboxylic acid groups (broad SMARTS) is 1. The molecule has 0 spiro atoms. The van der Waals surface area contributed by atoms with E-state index in [0.717, 1.165) is 0 Å². The third kappa shape index (κ3) is 3.56. The molecule has 1 aliphatic heterocycles. The monoisotopic (exact) mass is 381 g/mol. The molecule has 1 saturated heterocycles. The smallest absolute Gasteiger partial charge is 0.270 e. The van der Waals surface area contributed by atoms with Gasteiger partial charge in [-0.05, 0) is 48.1 Å². The number of carboxylic acids is 1. The van der Waals surface area contributed by atoms with Gasteiger partial charge in [0.1, 0.15) is 11.3 Å². The second-order valence-corrected chi connectivity index (χ2v) is 5.93. The molecule has 0 aliphatic carbocycles. The van der Waals surface area contributed by atoms with Gasteiger partial charge in [0.05, 0.1) is 18.8 Å². The first kappa shape index (κ1) is 18.3. The number of benzene rings is 2. The lowest BCUT2D eigenvalue weighted by molar-refractivity contribution is -0.255. The van der Waals surface area contributed by atoms with Crippen LogP contribution in [-0.4, -0.2) is 30.0 Å². The van der Waals surface area contributed by atoms with Gasteiger partial charge >= 0.3 is 0 Å². The number of thiocarbonyl (C=S) groups is 1. The zero-order chi connectivity index (χ0) is 19.6. The van der Waals surface area contributed by atoms with E-state index in [1.165, 1.54) is 36.3 Å². The fourth-order valence-corrected chi connectivity index (χ4v) is 2.89. The van der Waals surface area contributed by atoms with Crippen LogP contribution in [0.25, 0.3) is 6.08 Å². The Balaban J connectivity index is 2.03. The fourth-order valence-electron chi connectivity index (χ4n) is 2.61. The maximum atomic E-state index is 12.8. The van der Waals surface area contributed by atoms with Crippen LogP contribution >= 0.6 is 12.2 Å². The molecule has 2 amide bonds. The van der Waals surface area contributed by atoms with Crippen molar-refractivity contribution in [2.45, 2.75) is 0 Å². The van der Waals surface area contributed by atoms with Crippen LogP contribution < -0.4 is 20.1 Å². The molecule has 7 nitrogen and oxygen atoms in total. The lowest BCUT2D eigenvalue weighted by Crippen LogP contribution is -2.54. The summed E-state index contributed by atoms with van der Waals surface area (Å²) >= 11 is 5.11. The number of hydrogen-bond acceptors (Lipinski definition) is 6. The van der Waals surface area contributed by atoms with E-state index in [2.05, 4.69) is 5.32 Å². The first-order valence-corrected chi connectivity index (χ1v) is 8.19. The van der Waals surface area contributed by atoms with Gasteiger partial charge in [0.2, 0.25) is 0 Å². The quantitative estimate of drug-likeness (QED) is 0.480. The fraction of sp³-hybridized carbons (Fsp3) is 0.0526. The third-order valence-corrected chi connectivity index (χ3v) is 4.16. The highest BCUT2D eigenvalue weighted by Crippen LogP contribution is 2.24. The normalized spacial score (nSPS) is 15.7. The highest BCUT2D eigenvalue weighted by Gasteiger charge is 2.34. The standard InChI is InChI=1S/C19H14N2O5S/c1-26-15-8-7-11(9-13(15)18(24)25)10-14-16(22)20-19(27)21(17(14)23)12-5-3-2-4-6-12/h2-10H,1H3,(H,24,25)(H,20,22,27)/p-1/b14-10-. The van der Waals surface area contributed by atoms with Gasteiger partial charge in [-0.3, -0.25) is 19.8 Å². The topological polar surface area (TPSA) is 98.8 Å². The SMILES string of the molecule is COc1ccc(/C=C2/C(=O)NC(=S)N(c3ccccc3)C2=O)cc1C(=O)[O-]. The van der Waals surface area contributed by atoms with Gasteiger partial charge in [0, 0.05) is 5.56 Å². The minimum Gasteiger partial charge on any atom is -0.545 e. The van der Waals surface area contributed by atoms with Crippen molar-refractivity contribution >= 4 is 46.9 Å². The number of hydrogen-bond donors (Lipinski definition) is 1. The highest BCUT2D eigenvalue weighted by molar-refractivity contribution is 7.80. The second-order valence-electron chi connectivity index (χ2n) is 5.54. The molecule has 0 aromatic heterocycles. The average Bonchev–Trinajstić information content (AvgIpc) is 2.65. The molecule has 1 fully saturated rings. The zero-order valence-electron chi connectivity index (χ0n) is 14.1. The van der Waals surface area contributed by atoms with Crippen molar-refractivity contribution in [3.63, 3.8) is 0 Å². The van der Waals surface area contributed by atoms with Crippen LogP contribution in [-0.2, 0) is 9.59 Å². The van der Waals surface area contributed by atoms with Gasteiger partial charge in [-0.15, -0.1) is 0 Å². The number of aromatic carboxylic acids is 1. The first-order chi connectivity index (χ1) is 12.9. The van der Waals surface area contributed by atoms with E-state index in [1.807, 2.05) is 0 Å². The van der Waals surface area contributed by atoms with E-state index >= 15 is 0 Å². The molecule has 0 radical (unpaired) electrons. The summed E-state index contributed by atoms with van der Waals surface area (Å²) in [7, 11) is 1.33. The van der Waals surface area contributed by atoms with Crippen molar-refractivity contribution in [2.75, 3.05) is 12.0 Å². The van der Waals surface area contributed by atoms with Gasteiger partial charge in [0.25, 0.3) is 11.8 Å². The Labute approximate surface area is 159 Å². The number of carbonyl (C=O) groups is 3. The van der Waals surface area contributed by atoms with E-state index in [9.17, 15) is 19.5 Å². The molecule has 2 aromatic rings. The Hall–Kier alpha value is -3.52. The molecule has 0 saturated carbocycles. The van der Waals surface area contributed by atoms with Crippen LogP contribution in [0, 0.1) is 0 Å². The molecule has 8 heteroatoms. The molecular formula is C19H13N2O5S-. The number of amides is 2. The van der Waals surface area contributed by atoms with Crippen LogP contribution in [0.15, 0.2) is 54.1 Å². The lowest BCUT2D eigenvalue weighted by atomic mass is 10.0. The molecule has 0 atom stereocenters. The second kappa shape index (κ2) is 7.38. The number of methoxy groups -OCH3 is 1. The van der Waals surface area contributed by atoms with Crippen molar-refractivity contribution in [3.05, 3.63) is 65.2 Å². The summed E-state index contributed by atoms with van der Waals surface area (Å²) in [5, 5.41) is 13.7. The van der Waals surface area contributed by atoms with Crippen molar-refractivity contribution < 1.29 is 24.2 Å². The van der Waals surface area contributed by atoms with E-state index in [0.29, 0.717) is 11.3 Å². The number of ether oxygens (including phenoxy) is 1. The third-order valence-electron chi connectivity index (χ3n) is 3.87. The van der Waals surface area contributed by atoms with Crippen LogP contribution in [0.4, 0.5) is 5.69 Å². The molecule has 1 aliphatic rings. The largest absolute Gasteiger partial charge is 0.545 e. The van der Waals surface area contributed by atoms with Gasteiger partial charge in [-0.25, -0.2) is 0 Å². The Bertz CT molecular complexity index is 985. The highest BCUT2D eigenvalue weighted by atomic mass is 32.1. The first-order valence-electron chi connectivity index (χ1n) is 7.78. The number of anilines is 1. The summed E-state index contributed by atoms with van der Waals surface area (Å²) in [4.78, 5) is 37.6. The van der Waals surface area contributed by atoms with Crippen LogP contribution in [0.1, 0.15) is 15.9 Å². The molecular weight excluding hydrogens is 368 g/mol. The summed E-state index contributed by atoms with van der Waals surface area (Å²) in [6.45, 7) is 0. The maximum Gasteiger partial charge on any atom is 0.270 e. The maximum absolute atomic E-state index is 12.8. The molecule has 0 bridgehead atoms. The van der Waals surface area contributed by atoms with E-state index in [-0.39, 0.29) is 22.0 Å². The van der Waals surface area contributed by atoms with Crippen molar-refractivity contribution in [2.24, 2.45) is 0 Å². The lowest BCUT2D eigenvalue weighted by Gasteiger charge is -2.28. The van der Waals surface area contributed by atoms with Crippen molar-refractivity contribution in [1.29, 1.82) is 0 Å². The average molecular weight is 381 g/mol. The van der Waals surface area contributed by atoms with Gasteiger partial charge < -0.3 is 14.6 Å². The Morgan fingerprint density at radius 2 is 1.89 bits per heavy atom. The molecule has 1 N–H and O–H groups in total. The van der Waals surface area contributed by atoms with Crippen molar-refractivity contribution in [1.82, 2.24) is 5.32 Å². The summed E-state index contributed by atoms with van der Waals surface area (Å²) in [5.74, 6) is -2.59. The van der Waals surface area contributed by atoms with Crippen LogP contribution in [0.3, 0.4) is 0 Å². The predicted octanol–water partition coefficient (Wildman–Crippen LogP) is 0.890. The molecule has 1 heterocycles. The van der Waals surface area contributed by atoms with Crippen molar-refractivity contribution in [3.8, 4) is 5.75 Å². The van der Waals surface area contributed by atoms with Crippen LogP contribution in [0.2, 0.25) is 0 Å². The summed E-state index contributed by atoms with van der Waals surface area (Å²) in [6.07, 6.45) is 1.29. The Morgan fingerprint density at radius 3 is 2.52 bits per heavy atom. The number of carbonyl (C=O) groups excluding carboxylic acids is 3. The zero-order valence-corrected chi connectivity index (χ0v) is 14.9. The summed E-state index contributed by atoms with van der Waals surface area (Å²) in [5.41, 5.74) is 0.464. The minimum absolute atomic E-state index is 0.0292. The molecule has 2 aromatic carbocycles. The Morgan fingerprint density at radius 1 is 1.19 bits per heavy atom. The summed E-state index contributed by atoms with van der Waals surface area (Å²) in [6, 6.07) is 12.8. The van der Waals surface area contributed by atoms with Gasteiger partial charge in [-0.1, -0.05) is 24.3 Å². The van der Waals surface area contributed by atoms with E-state index in [4.69, 9.17) is 17.0 Å². The van der Waals surface area contributed by atoms with Gasteiger partial charge in [-0.2, -0.15) is 0 Å². The molecule has 0 unspecified atom stereocenters. The predicted molar refractivity (Wildman–Crippen MR) is 100.0 cm³/mol. The number of nitrogens with one attached hydrogen (secondary N) is 1. The molecule has 136 valence electrons. The van der Waals surface area contributed by atoms with Crippen LogP contribution in [0.5, 0.6) is 5.75 Å². The number of para-hydroxylation sites is 1. The summed E-state index contributed by atoms with van der Waals surface area (Å²) < 4.78 is 4.97. The van der Waals surface area contributed by atoms with Gasteiger partial charge in [0.15, 0.2) is 5.11 Å². The number of rotatable bonds is 4. The number of nitrogens with zero attached hydrogens (tertiary/aromatic N) is 1. The molecule has 27 heavy (non-hydrogen) atoms. The molecule has 3 rings (SSSR count).